The smallest absolute Gasteiger partial charge is 0.315 e. The van der Waals surface area contributed by atoms with E-state index in [4.69, 9.17) is 4.74 Å². The van der Waals surface area contributed by atoms with Crippen molar-refractivity contribution in [3.8, 4) is 5.75 Å². The second kappa shape index (κ2) is 6.29. The Balaban J connectivity index is 1.99. The van der Waals surface area contributed by atoms with Gasteiger partial charge in [-0.1, -0.05) is 34.1 Å². The molecule has 0 radical (unpaired) electrons. The topological polar surface area (TPSA) is 69.4 Å². The summed E-state index contributed by atoms with van der Waals surface area (Å²) >= 11 is 3.29. The van der Waals surface area contributed by atoms with Gasteiger partial charge in [0.2, 0.25) is 0 Å². The number of hydrogen-bond donors (Lipinski definition) is 0. The maximum atomic E-state index is 11.7. The molecular weight excluding hydrogens is 326 g/mol. The normalized spacial score (nSPS) is 10.1. The summed E-state index contributed by atoms with van der Waals surface area (Å²) in [6.07, 6.45) is 0.0600. The number of benzene rings is 2. The Morgan fingerprint density at radius 2 is 1.90 bits per heavy atom. The molecule has 6 heteroatoms. The Morgan fingerprint density at radius 1 is 1.20 bits per heavy atom. The van der Waals surface area contributed by atoms with E-state index >= 15 is 0 Å². The molecule has 0 amide bonds. The van der Waals surface area contributed by atoms with Crippen LogP contribution in [0.3, 0.4) is 0 Å². The van der Waals surface area contributed by atoms with Crippen LogP contribution >= 0.6 is 15.9 Å². The number of halogens is 1. The lowest BCUT2D eigenvalue weighted by atomic mass is 10.1. The van der Waals surface area contributed by atoms with Gasteiger partial charge < -0.3 is 4.74 Å². The summed E-state index contributed by atoms with van der Waals surface area (Å²) < 4.78 is 5.99. The molecule has 2 aromatic rings. The zero-order chi connectivity index (χ0) is 14.5. The Morgan fingerprint density at radius 3 is 2.50 bits per heavy atom. The van der Waals surface area contributed by atoms with E-state index in [9.17, 15) is 14.9 Å². The molecule has 0 aromatic heterocycles. The molecule has 0 unspecified atom stereocenters. The molecule has 0 fully saturated rings. The largest absolute Gasteiger partial charge is 0.426 e. The fourth-order valence-corrected chi connectivity index (χ4v) is 1.98. The van der Waals surface area contributed by atoms with E-state index in [0.29, 0.717) is 11.3 Å². The predicted molar refractivity (Wildman–Crippen MR) is 76.6 cm³/mol. The number of ether oxygens (including phenoxy) is 1. The van der Waals surface area contributed by atoms with Crippen molar-refractivity contribution in [2.24, 2.45) is 0 Å². The van der Waals surface area contributed by atoms with Crippen LogP contribution in [0.25, 0.3) is 0 Å². The lowest BCUT2D eigenvalue weighted by Crippen LogP contribution is -2.11. The summed E-state index contributed by atoms with van der Waals surface area (Å²) in [4.78, 5) is 21.8. The van der Waals surface area contributed by atoms with E-state index in [0.717, 1.165) is 4.47 Å². The van der Waals surface area contributed by atoms with Gasteiger partial charge in [-0.3, -0.25) is 14.9 Å². The van der Waals surface area contributed by atoms with Crippen molar-refractivity contribution < 1.29 is 14.5 Å². The second-order valence-electron chi connectivity index (χ2n) is 4.03. The van der Waals surface area contributed by atoms with Crippen LogP contribution in [0.1, 0.15) is 5.56 Å². The summed E-state index contributed by atoms with van der Waals surface area (Å²) in [6, 6.07) is 12.8. The number of hydrogen-bond acceptors (Lipinski definition) is 4. The number of carbonyl (C=O) groups is 1. The van der Waals surface area contributed by atoms with Crippen LogP contribution < -0.4 is 4.74 Å². The number of nitrogens with zero attached hydrogens (tertiary/aromatic N) is 1. The molecule has 0 saturated heterocycles. The zero-order valence-electron chi connectivity index (χ0n) is 10.3. The third-order valence-electron chi connectivity index (χ3n) is 2.52. The molecule has 0 aliphatic carbocycles. The molecule has 2 rings (SSSR count). The molecule has 0 N–H and O–H groups in total. The summed E-state index contributed by atoms with van der Waals surface area (Å²) in [5.41, 5.74) is 0.657. The Hall–Kier alpha value is -2.21. The van der Waals surface area contributed by atoms with Gasteiger partial charge in [-0.2, -0.15) is 0 Å². The van der Waals surface area contributed by atoms with Crippen LogP contribution in [0.15, 0.2) is 53.0 Å². The van der Waals surface area contributed by atoms with Gasteiger partial charge in [0.05, 0.1) is 11.3 Å². The average molecular weight is 336 g/mol. The Labute approximate surface area is 123 Å². The Bertz CT molecular complexity index is 640. The molecule has 0 saturated carbocycles. The minimum atomic E-state index is -0.483. The van der Waals surface area contributed by atoms with Crippen LogP contribution in [-0.2, 0) is 11.2 Å². The van der Waals surface area contributed by atoms with E-state index in [1.807, 2.05) is 6.07 Å². The quantitative estimate of drug-likeness (QED) is 0.371. The number of esters is 1. The standard InChI is InChI=1S/C14H10BrNO4/c15-11-2-1-3-13(9-11)20-14(17)8-10-4-6-12(7-5-10)16(18)19/h1-7,9H,8H2. The van der Waals surface area contributed by atoms with Gasteiger partial charge in [0.1, 0.15) is 5.75 Å². The van der Waals surface area contributed by atoms with Crippen molar-refractivity contribution in [3.63, 3.8) is 0 Å². The van der Waals surface area contributed by atoms with Crippen molar-refractivity contribution >= 4 is 27.6 Å². The number of nitro benzene ring substituents is 1. The molecule has 0 aliphatic heterocycles. The van der Waals surface area contributed by atoms with Crippen molar-refractivity contribution in [1.82, 2.24) is 0 Å². The van der Waals surface area contributed by atoms with Gasteiger partial charge in [0.15, 0.2) is 0 Å². The van der Waals surface area contributed by atoms with Crippen molar-refractivity contribution in [2.45, 2.75) is 6.42 Å². The average Bonchev–Trinajstić information content (AvgIpc) is 2.39. The second-order valence-corrected chi connectivity index (χ2v) is 4.95. The first kappa shape index (κ1) is 14.2. The van der Waals surface area contributed by atoms with Crippen LogP contribution in [-0.4, -0.2) is 10.9 Å². The molecule has 20 heavy (non-hydrogen) atoms. The van der Waals surface area contributed by atoms with Gasteiger partial charge in [-0.05, 0) is 23.8 Å². The molecule has 0 spiro atoms. The highest BCUT2D eigenvalue weighted by atomic mass is 79.9. The minimum Gasteiger partial charge on any atom is -0.426 e. The molecule has 0 aliphatic rings. The Kier molecular flexibility index (Phi) is 4.47. The maximum absolute atomic E-state index is 11.7. The van der Waals surface area contributed by atoms with Crippen LogP contribution in [0.4, 0.5) is 5.69 Å². The maximum Gasteiger partial charge on any atom is 0.315 e. The first-order chi connectivity index (χ1) is 9.54. The first-order valence-electron chi connectivity index (χ1n) is 5.74. The van der Waals surface area contributed by atoms with Crippen molar-refractivity contribution in [2.75, 3.05) is 0 Å². The molecule has 2 aromatic carbocycles. The van der Waals surface area contributed by atoms with Crippen molar-refractivity contribution in [1.29, 1.82) is 0 Å². The van der Waals surface area contributed by atoms with Crippen LogP contribution in [0.2, 0.25) is 0 Å². The minimum absolute atomic E-state index is 0.00546. The number of rotatable bonds is 4. The van der Waals surface area contributed by atoms with Crippen molar-refractivity contribution in [3.05, 3.63) is 68.7 Å². The third-order valence-corrected chi connectivity index (χ3v) is 3.02. The van der Waals surface area contributed by atoms with Gasteiger partial charge in [0.25, 0.3) is 5.69 Å². The monoisotopic (exact) mass is 335 g/mol. The summed E-state index contributed by atoms with van der Waals surface area (Å²) in [5, 5.41) is 10.5. The first-order valence-corrected chi connectivity index (χ1v) is 6.53. The highest BCUT2D eigenvalue weighted by molar-refractivity contribution is 9.10. The third kappa shape index (κ3) is 3.89. The van der Waals surface area contributed by atoms with Gasteiger partial charge >= 0.3 is 5.97 Å². The fourth-order valence-electron chi connectivity index (χ4n) is 1.60. The number of carbonyl (C=O) groups excluding carboxylic acids is 1. The van der Waals surface area contributed by atoms with Gasteiger partial charge in [-0.15, -0.1) is 0 Å². The van der Waals surface area contributed by atoms with Crippen LogP contribution in [0.5, 0.6) is 5.75 Å². The van der Waals surface area contributed by atoms with E-state index in [-0.39, 0.29) is 12.1 Å². The fraction of sp³-hybridized carbons (Fsp3) is 0.0714. The lowest BCUT2D eigenvalue weighted by molar-refractivity contribution is -0.384. The lowest BCUT2D eigenvalue weighted by Gasteiger charge is -2.04. The molecule has 0 atom stereocenters. The van der Waals surface area contributed by atoms with Crippen LogP contribution in [0, 0.1) is 10.1 Å². The predicted octanol–water partition coefficient (Wildman–Crippen LogP) is 3.51. The molecule has 0 bridgehead atoms. The van der Waals surface area contributed by atoms with E-state index in [1.165, 1.54) is 12.1 Å². The van der Waals surface area contributed by atoms with E-state index in [1.54, 1.807) is 30.3 Å². The van der Waals surface area contributed by atoms with E-state index < -0.39 is 10.9 Å². The van der Waals surface area contributed by atoms with Gasteiger partial charge in [0, 0.05) is 16.6 Å². The summed E-state index contributed by atoms with van der Waals surface area (Å²) in [6.45, 7) is 0. The number of non-ortho nitro benzene ring substituents is 1. The zero-order valence-corrected chi connectivity index (χ0v) is 11.9. The summed E-state index contributed by atoms with van der Waals surface area (Å²) in [5.74, 6) is 0.0308. The molecule has 5 nitrogen and oxygen atoms in total. The van der Waals surface area contributed by atoms with E-state index in [2.05, 4.69) is 15.9 Å². The highest BCUT2D eigenvalue weighted by Gasteiger charge is 2.09. The van der Waals surface area contributed by atoms with Gasteiger partial charge in [-0.25, -0.2) is 0 Å². The molecule has 0 heterocycles. The molecular formula is C14H10BrNO4. The number of nitro groups is 1. The molecule has 102 valence electrons. The SMILES string of the molecule is O=C(Cc1ccc([N+](=O)[O-])cc1)Oc1cccc(Br)c1. The summed E-state index contributed by atoms with van der Waals surface area (Å²) in [7, 11) is 0. The highest BCUT2D eigenvalue weighted by Crippen LogP contribution is 2.18.